The van der Waals surface area contributed by atoms with Crippen molar-refractivity contribution in [2.45, 2.75) is 17.4 Å². The van der Waals surface area contributed by atoms with E-state index in [4.69, 9.17) is 21.1 Å². The van der Waals surface area contributed by atoms with Crippen LogP contribution in [0.3, 0.4) is 0 Å². The number of carbonyl (C=O) groups excluding carboxylic acids is 2. The summed E-state index contributed by atoms with van der Waals surface area (Å²) < 4.78 is 37.5. The molecule has 3 rings (SSSR count). The molecule has 0 aliphatic carbocycles. The van der Waals surface area contributed by atoms with Crippen molar-refractivity contribution in [3.63, 3.8) is 0 Å². The van der Waals surface area contributed by atoms with E-state index in [1.165, 1.54) is 30.3 Å². The van der Waals surface area contributed by atoms with Crippen LogP contribution in [0.25, 0.3) is 0 Å². The maximum absolute atomic E-state index is 13.2. The van der Waals surface area contributed by atoms with Crippen molar-refractivity contribution in [1.29, 1.82) is 0 Å². The topological polar surface area (TPSA) is 90.0 Å². The summed E-state index contributed by atoms with van der Waals surface area (Å²) in [7, 11) is -4.05. The minimum Gasteiger partial charge on any atom is -0.463 e. The third kappa shape index (κ3) is 4.44. The fraction of sp³-hybridized carbons (Fsp3) is 0.200. The van der Waals surface area contributed by atoms with Crippen molar-refractivity contribution in [3.05, 3.63) is 71.8 Å². The third-order valence-electron chi connectivity index (χ3n) is 4.21. The summed E-state index contributed by atoms with van der Waals surface area (Å²) in [5, 5.41) is 0.258. The highest BCUT2D eigenvalue weighted by atomic mass is 35.5. The molecule has 0 amide bonds. The molecule has 1 saturated heterocycles. The number of rotatable bonds is 7. The molecule has 0 aromatic heterocycles. The number of sulfonamides is 1. The molecule has 0 spiro atoms. The van der Waals surface area contributed by atoms with E-state index in [2.05, 4.69) is 6.58 Å². The van der Waals surface area contributed by atoms with Gasteiger partial charge in [-0.3, -0.25) is 4.31 Å². The smallest absolute Gasteiger partial charge is 0.347 e. The number of ether oxygens (including phenoxy) is 2. The molecule has 2 aromatic carbocycles. The standard InChI is InChI=1S/C20H18ClNO6S/c1-2-11-22(17-9-4-3-8-16(17)21)29(25,26)15-7-5-6-14(13-15)19(23)28-18-10-12-27-20(18)24/h2-9,13,18H,1,10-12H2. The molecule has 9 heteroatoms. The number of esters is 2. The molecular formula is C20H18ClNO6S. The lowest BCUT2D eigenvalue weighted by Crippen LogP contribution is -2.31. The molecule has 29 heavy (non-hydrogen) atoms. The first kappa shape index (κ1) is 20.9. The number of carbonyl (C=O) groups is 2. The summed E-state index contributed by atoms with van der Waals surface area (Å²) in [5.41, 5.74) is 0.291. The van der Waals surface area contributed by atoms with Gasteiger partial charge < -0.3 is 9.47 Å². The highest BCUT2D eigenvalue weighted by Crippen LogP contribution is 2.30. The predicted molar refractivity (Wildman–Crippen MR) is 107 cm³/mol. The van der Waals surface area contributed by atoms with E-state index < -0.39 is 28.1 Å². The van der Waals surface area contributed by atoms with Crippen LogP contribution >= 0.6 is 11.6 Å². The van der Waals surface area contributed by atoms with Crippen LogP contribution in [0.1, 0.15) is 16.8 Å². The molecule has 1 atom stereocenters. The lowest BCUT2D eigenvalue weighted by atomic mass is 10.2. The van der Waals surface area contributed by atoms with Crippen molar-refractivity contribution in [3.8, 4) is 0 Å². The van der Waals surface area contributed by atoms with Crippen molar-refractivity contribution in [2.75, 3.05) is 17.5 Å². The van der Waals surface area contributed by atoms with Crippen LogP contribution in [-0.2, 0) is 24.3 Å². The first-order valence-electron chi connectivity index (χ1n) is 8.70. The van der Waals surface area contributed by atoms with Gasteiger partial charge in [0, 0.05) is 6.42 Å². The van der Waals surface area contributed by atoms with Gasteiger partial charge >= 0.3 is 11.9 Å². The highest BCUT2D eigenvalue weighted by molar-refractivity contribution is 7.92. The Kier molecular flexibility index (Phi) is 6.24. The van der Waals surface area contributed by atoms with E-state index >= 15 is 0 Å². The molecule has 1 unspecified atom stereocenters. The zero-order valence-electron chi connectivity index (χ0n) is 15.3. The predicted octanol–water partition coefficient (Wildman–Crippen LogP) is 3.19. The van der Waals surface area contributed by atoms with Gasteiger partial charge in [-0.25, -0.2) is 18.0 Å². The van der Waals surface area contributed by atoms with E-state index in [0.29, 0.717) is 0 Å². The minimum atomic E-state index is -4.05. The molecule has 0 N–H and O–H groups in total. The van der Waals surface area contributed by atoms with Crippen molar-refractivity contribution < 1.29 is 27.5 Å². The quantitative estimate of drug-likeness (QED) is 0.490. The van der Waals surface area contributed by atoms with E-state index in [9.17, 15) is 18.0 Å². The summed E-state index contributed by atoms with van der Waals surface area (Å²) in [6.45, 7) is 3.77. The van der Waals surface area contributed by atoms with Crippen molar-refractivity contribution >= 4 is 39.3 Å². The maximum atomic E-state index is 13.2. The van der Waals surface area contributed by atoms with Crippen LogP contribution in [0.2, 0.25) is 5.02 Å². The van der Waals surface area contributed by atoms with Gasteiger partial charge in [-0.05, 0) is 30.3 Å². The Morgan fingerprint density at radius 2 is 2.03 bits per heavy atom. The molecule has 2 aromatic rings. The van der Waals surface area contributed by atoms with Crippen LogP contribution in [0, 0.1) is 0 Å². The second-order valence-electron chi connectivity index (χ2n) is 6.15. The van der Waals surface area contributed by atoms with Crippen LogP contribution in [-0.4, -0.2) is 39.6 Å². The Labute approximate surface area is 173 Å². The summed E-state index contributed by atoms with van der Waals surface area (Å²) in [4.78, 5) is 23.7. The SMILES string of the molecule is C=CCN(c1ccccc1Cl)S(=O)(=O)c1cccc(C(=O)OC2CCOC2=O)c1. The average molecular weight is 436 g/mol. The van der Waals surface area contributed by atoms with Gasteiger partial charge in [0.15, 0.2) is 0 Å². The number of hydrogen-bond donors (Lipinski definition) is 0. The highest BCUT2D eigenvalue weighted by Gasteiger charge is 2.31. The van der Waals surface area contributed by atoms with Crippen LogP contribution in [0.4, 0.5) is 5.69 Å². The number of halogens is 1. The number of para-hydroxylation sites is 1. The lowest BCUT2D eigenvalue weighted by molar-refractivity contribution is -0.145. The summed E-state index contributed by atoms with van der Waals surface area (Å²) >= 11 is 6.18. The third-order valence-corrected chi connectivity index (χ3v) is 6.31. The lowest BCUT2D eigenvalue weighted by Gasteiger charge is -2.24. The molecular weight excluding hydrogens is 418 g/mol. The number of hydrogen-bond acceptors (Lipinski definition) is 6. The Morgan fingerprint density at radius 3 is 2.69 bits per heavy atom. The number of cyclic esters (lactones) is 1. The Hall–Kier alpha value is -2.84. The molecule has 1 heterocycles. The van der Waals surface area contributed by atoms with E-state index in [0.717, 1.165) is 4.31 Å². The number of benzene rings is 2. The van der Waals surface area contributed by atoms with Gasteiger partial charge in [-0.15, -0.1) is 6.58 Å². The molecule has 152 valence electrons. The monoisotopic (exact) mass is 435 g/mol. The second-order valence-corrected chi connectivity index (χ2v) is 8.42. The number of anilines is 1. The molecule has 0 bridgehead atoms. The normalized spacial score (nSPS) is 16.2. The summed E-state index contributed by atoms with van der Waals surface area (Å²) in [5.74, 6) is -1.42. The zero-order valence-corrected chi connectivity index (χ0v) is 16.9. The van der Waals surface area contributed by atoms with Crippen LogP contribution < -0.4 is 4.31 Å². The minimum absolute atomic E-state index is 0.00323. The fourth-order valence-electron chi connectivity index (χ4n) is 2.79. The second kappa shape index (κ2) is 8.67. The fourth-order valence-corrected chi connectivity index (χ4v) is 4.58. The van der Waals surface area contributed by atoms with Crippen LogP contribution in [0.15, 0.2) is 66.1 Å². The van der Waals surface area contributed by atoms with Gasteiger partial charge in [0.1, 0.15) is 0 Å². The van der Waals surface area contributed by atoms with Gasteiger partial charge in [-0.2, -0.15) is 0 Å². The molecule has 1 aliphatic heterocycles. The van der Waals surface area contributed by atoms with Gasteiger partial charge in [0.05, 0.1) is 34.3 Å². The average Bonchev–Trinajstić information content (AvgIpc) is 3.11. The van der Waals surface area contributed by atoms with Gasteiger partial charge in [0.25, 0.3) is 10.0 Å². The van der Waals surface area contributed by atoms with Gasteiger partial charge in [0.2, 0.25) is 6.10 Å². The molecule has 0 radical (unpaired) electrons. The first-order valence-corrected chi connectivity index (χ1v) is 10.5. The van der Waals surface area contributed by atoms with Crippen molar-refractivity contribution in [2.24, 2.45) is 0 Å². The van der Waals surface area contributed by atoms with E-state index in [-0.39, 0.29) is 40.7 Å². The molecule has 7 nitrogen and oxygen atoms in total. The largest absolute Gasteiger partial charge is 0.463 e. The zero-order chi connectivity index (χ0) is 21.0. The summed E-state index contributed by atoms with van der Waals surface area (Å²) in [6.07, 6.45) is 0.718. The molecule has 1 fully saturated rings. The molecule has 1 aliphatic rings. The molecule has 0 saturated carbocycles. The maximum Gasteiger partial charge on any atom is 0.347 e. The van der Waals surface area contributed by atoms with Crippen molar-refractivity contribution in [1.82, 2.24) is 0 Å². The Morgan fingerprint density at radius 1 is 1.28 bits per heavy atom. The van der Waals surface area contributed by atoms with Crippen LogP contribution in [0.5, 0.6) is 0 Å². The van der Waals surface area contributed by atoms with E-state index in [1.54, 1.807) is 24.3 Å². The van der Waals surface area contributed by atoms with Gasteiger partial charge in [-0.1, -0.05) is 35.9 Å². The number of nitrogens with zero attached hydrogens (tertiary/aromatic N) is 1. The summed E-state index contributed by atoms with van der Waals surface area (Å²) in [6, 6.07) is 11.9. The Bertz CT molecular complexity index is 1050. The Balaban J connectivity index is 1.93. The van der Waals surface area contributed by atoms with E-state index in [1.807, 2.05) is 0 Å². The first-order chi connectivity index (χ1) is 13.8.